The molecule has 0 heterocycles. The lowest BCUT2D eigenvalue weighted by atomic mass is 9.82. The lowest BCUT2D eigenvalue weighted by Gasteiger charge is -2.24. The summed E-state index contributed by atoms with van der Waals surface area (Å²) < 4.78 is 0. The quantitative estimate of drug-likeness (QED) is 0.477. The number of carbonyl (C=O) groups is 3. The van der Waals surface area contributed by atoms with Crippen LogP contribution in [0.5, 0.6) is 0 Å². The van der Waals surface area contributed by atoms with Crippen molar-refractivity contribution in [3.05, 3.63) is 12.2 Å². The maximum Gasteiger partial charge on any atom is 0.307 e. The SMILES string of the molecule is O=C(O)CCCNC(=O)[C@@H]1CC=CC[C@@H]1C(=O)O. The van der Waals surface area contributed by atoms with E-state index in [2.05, 4.69) is 5.32 Å². The maximum absolute atomic E-state index is 11.8. The zero-order valence-electron chi connectivity index (χ0n) is 9.96. The molecule has 6 nitrogen and oxygen atoms in total. The Morgan fingerprint density at radius 1 is 1.11 bits per heavy atom. The minimum absolute atomic E-state index is 0.00674. The van der Waals surface area contributed by atoms with E-state index >= 15 is 0 Å². The Balaban J connectivity index is 2.42. The van der Waals surface area contributed by atoms with E-state index in [-0.39, 0.29) is 18.9 Å². The molecule has 1 rings (SSSR count). The third kappa shape index (κ3) is 4.20. The molecule has 18 heavy (non-hydrogen) atoms. The zero-order valence-corrected chi connectivity index (χ0v) is 9.96. The van der Waals surface area contributed by atoms with Gasteiger partial charge < -0.3 is 15.5 Å². The summed E-state index contributed by atoms with van der Waals surface area (Å²) in [5, 5.41) is 20.0. The number of carboxylic acids is 2. The Hall–Kier alpha value is -1.85. The fraction of sp³-hybridized carbons (Fsp3) is 0.583. The number of aliphatic carboxylic acids is 2. The van der Waals surface area contributed by atoms with Crippen LogP contribution in [0.2, 0.25) is 0 Å². The first-order valence-electron chi connectivity index (χ1n) is 5.89. The van der Waals surface area contributed by atoms with Crippen molar-refractivity contribution in [2.24, 2.45) is 11.8 Å². The number of carbonyl (C=O) groups excluding carboxylic acids is 1. The lowest BCUT2D eigenvalue weighted by Crippen LogP contribution is -2.39. The van der Waals surface area contributed by atoms with Crippen LogP contribution in [0.25, 0.3) is 0 Å². The van der Waals surface area contributed by atoms with Crippen molar-refractivity contribution in [2.45, 2.75) is 25.7 Å². The van der Waals surface area contributed by atoms with Gasteiger partial charge in [0, 0.05) is 13.0 Å². The summed E-state index contributed by atoms with van der Waals surface area (Å²) >= 11 is 0. The number of nitrogens with one attached hydrogen (secondary N) is 1. The summed E-state index contributed by atoms with van der Waals surface area (Å²) in [6.45, 7) is 0.262. The number of hydrogen-bond acceptors (Lipinski definition) is 3. The van der Waals surface area contributed by atoms with E-state index in [4.69, 9.17) is 10.2 Å². The second-order valence-electron chi connectivity index (χ2n) is 4.28. The second-order valence-corrected chi connectivity index (χ2v) is 4.28. The van der Waals surface area contributed by atoms with Gasteiger partial charge in [0.2, 0.25) is 5.91 Å². The Morgan fingerprint density at radius 2 is 1.72 bits per heavy atom. The highest BCUT2D eigenvalue weighted by Gasteiger charge is 2.33. The number of rotatable bonds is 6. The van der Waals surface area contributed by atoms with Crippen molar-refractivity contribution in [1.82, 2.24) is 5.32 Å². The van der Waals surface area contributed by atoms with E-state index < -0.39 is 23.8 Å². The third-order valence-electron chi connectivity index (χ3n) is 2.95. The molecule has 1 amide bonds. The standard InChI is InChI=1S/C12H17NO5/c14-10(15)6-3-7-13-11(16)8-4-1-2-5-9(8)12(17)18/h1-2,8-9H,3-7H2,(H,13,16)(H,14,15)(H,17,18)/t8-,9+/m1/s1. The summed E-state index contributed by atoms with van der Waals surface area (Å²) in [5.41, 5.74) is 0. The van der Waals surface area contributed by atoms with Crippen molar-refractivity contribution >= 4 is 17.8 Å². The molecule has 0 aromatic rings. The van der Waals surface area contributed by atoms with Crippen molar-refractivity contribution < 1.29 is 24.6 Å². The number of amides is 1. The molecule has 0 bridgehead atoms. The van der Waals surface area contributed by atoms with Crippen LogP contribution in [0.1, 0.15) is 25.7 Å². The fourth-order valence-electron chi connectivity index (χ4n) is 1.96. The molecule has 3 N–H and O–H groups in total. The van der Waals surface area contributed by atoms with Crippen molar-refractivity contribution in [2.75, 3.05) is 6.54 Å². The fourth-order valence-corrected chi connectivity index (χ4v) is 1.96. The minimum Gasteiger partial charge on any atom is -0.481 e. The van der Waals surface area contributed by atoms with E-state index in [1.807, 2.05) is 0 Å². The molecule has 0 saturated carbocycles. The Labute approximate surface area is 105 Å². The highest BCUT2D eigenvalue weighted by Crippen LogP contribution is 2.25. The highest BCUT2D eigenvalue weighted by atomic mass is 16.4. The Bertz CT molecular complexity index is 363. The van der Waals surface area contributed by atoms with Crippen LogP contribution in [0, 0.1) is 11.8 Å². The average Bonchev–Trinajstić information content (AvgIpc) is 2.34. The first kappa shape index (κ1) is 14.2. The van der Waals surface area contributed by atoms with Crippen molar-refractivity contribution in [3.8, 4) is 0 Å². The molecule has 0 aromatic carbocycles. The van der Waals surface area contributed by atoms with E-state index in [1.165, 1.54) is 0 Å². The van der Waals surface area contributed by atoms with E-state index in [1.54, 1.807) is 12.2 Å². The monoisotopic (exact) mass is 255 g/mol. The van der Waals surface area contributed by atoms with Crippen LogP contribution >= 0.6 is 0 Å². The topological polar surface area (TPSA) is 104 Å². The van der Waals surface area contributed by atoms with E-state index in [9.17, 15) is 14.4 Å². The van der Waals surface area contributed by atoms with Gasteiger partial charge in [-0.05, 0) is 19.3 Å². The van der Waals surface area contributed by atoms with Gasteiger partial charge in [0.25, 0.3) is 0 Å². The van der Waals surface area contributed by atoms with Gasteiger partial charge in [0.1, 0.15) is 0 Å². The predicted octanol–water partition coefficient (Wildman–Crippen LogP) is 0.634. The Kier molecular flexibility index (Phi) is 5.35. The molecule has 0 saturated heterocycles. The van der Waals surface area contributed by atoms with Crippen molar-refractivity contribution in [1.29, 1.82) is 0 Å². The number of allylic oxidation sites excluding steroid dienone is 2. The number of carboxylic acid groups (broad SMARTS) is 2. The van der Waals surface area contributed by atoms with Crippen LogP contribution < -0.4 is 5.32 Å². The van der Waals surface area contributed by atoms with Gasteiger partial charge in [-0.2, -0.15) is 0 Å². The maximum atomic E-state index is 11.8. The first-order chi connectivity index (χ1) is 8.52. The molecular weight excluding hydrogens is 238 g/mol. The van der Waals surface area contributed by atoms with Gasteiger partial charge in [-0.25, -0.2) is 0 Å². The molecule has 1 aliphatic carbocycles. The highest BCUT2D eigenvalue weighted by molar-refractivity contribution is 5.85. The lowest BCUT2D eigenvalue weighted by molar-refractivity contribution is -0.147. The van der Waals surface area contributed by atoms with Gasteiger partial charge in [0.15, 0.2) is 0 Å². The number of hydrogen-bond donors (Lipinski definition) is 3. The van der Waals surface area contributed by atoms with Crippen molar-refractivity contribution in [3.63, 3.8) is 0 Å². The molecule has 0 aliphatic heterocycles. The average molecular weight is 255 g/mol. The van der Waals surface area contributed by atoms with Crippen LogP contribution in [-0.4, -0.2) is 34.6 Å². The molecule has 1 aliphatic rings. The summed E-state index contributed by atoms with van der Waals surface area (Å²) in [4.78, 5) is 33.1. The van der Waals surface area contributed by atoms with E-state index in [0.717, 1.165) is 0 Å². The van der Waals surface area contributed by atoms with Crippen LogP contribution in [0.3, 0.4) is 0 Å². The van der Waals surface area contributed by atoms with Gasteiger partial charge in [-0.15, -0.1) is 0 Å². The van der Waals surface area contributed by atoms with Gasteiger partial charge in [0.05, 0.1) is 11.8 Å². The minimum atomic E-state index is -0.968. The molecule has 0 fully saturated rings. The zero-order chi connectivity index (χ0) is 13.5. The first-order valence-corrected chi connectivity index (χ1v) is 5.89. The molecule has 6 heteroatoms. The van der Waals surface area contributed by atoms with Crippen LogP contribution in [0.15, 0.2) is 12.2 Å². The molecule has 0 spiro atoms. The summed E-state index contributed by atoms with van der Waals surface area (Å²) in [7, 11) is 0. The van der Waals surface area contributed by atoms with E-state index in [0.29, 0.717) is 19.3 Å². The third-order valence-corrected chi connectivity index (χ3v) is 2.95. The summed E-state index contributed by atoms with van der Waals surface area (Å²) in [6.07, 6.45) is 4.70. The molecule has 0 unspecified atom stereocenters. The second kappa shape index (κ2) is 6.78. The predicted molar refractivity (Wildman–Crippen MR) is 62.9 cm³/mol. The molecule has 100 valence electrons. The molecule has 0 aromatic heterocycles. The van der Waals surface area contributed by atoms with Crippen LogP contribution in [-0.2, 0) is 14.4 Å². The van der Waals surface area contributed by atoms with Gasteiger partial charge in [-0.1, -0.05) is 12.2 Å². The smallest absolute Gasteiger partial charge is 0.307 e. The molecule has 2 atom stereocenters. The van der Waals surface area contributed by atoms with Gasteiger partial charge >= 0.3 is 11.9 Å². The Morgan fingerprint density at radius 3 is 2.28 bits per heavy atom. The molecular formula is C12H17NO5. The summed E-state index contributed by atoms with van der Waals surface area (Å²) in [5.74, 6) is -3.43. The summed E-state index contributed by atoms with van der Waals surface area (Å²) in [6, 6.07) is 0. The van der Waals surface area contributed by atoms with Gasteiger partial charge in [-0.3, -0.25) is 14.4 Å². The largest absolute Gasteiger partial charge is 0.481 e. The normalized spacial score (nSPS) is 22.4. The molecule has 0 radical (unpaired) electrons. The van der Waals surface area contributed by atoms with Crippen LogP contribution in [0.4, 0.5) is 0 Å².